The number of aryl methyl sites for hydroxylation is 2. The number of esters is 1. The molecule has 0 aromatic heterocycles. The van der Waals surface area contributed by atoms with Gasteiger partial charge in [-0.2, -0.15) is 0 Å². The Balaban J connectivity index is 3.52. The Bertz CT molecular complexity index is 1020. The summed E-state index contributed by atoms with van der Waals surface area (Å²) in [5.74, 6) is -1.32. The standard InChI is InChI=1S/C34H57N3O6/c1-10-13-14-15-16-17-20-37(32(40)29(26(6)11-2)36-33(41)43-34(7,8)9)30(27-22-24(4)21-25(5)23-27)31(39)35-19-18-28(38)42-12-3/h21-23,26,29-30H,10-20H2,1-9H3,(H,35,39)(H,36,41). The molecule has 0 spiro atoms. The molecule has 9 heteroatoms. The van der Waals surface area contributed by atoms with Gasteiger partial charge in [0.2, 0.25) is 11.8 Å². The van der Waals surface area contributed by atoms with Crippen molar-refractivity contribution in [2.75, 3.05) is 19.7 Å². The van der Waals surface area contributed by atoms with Crippen molar-refractivity contribution in [3.8, 4) is 0 Å². The largest absolute Gasteiger partial charge is 0.466 e. The van der Waals surface area contributed by atoms with Gasteiger partial charge >= 0.3 is 12.1 Å². The van der Waals surface area contributed by atoms with Gasteiger partial charge in [-0.3, -0.25) is 14.4 Å². The van der Waals surface area contributed by atoms with Crippen LogP contribution in [0.5, 0.6) is 0 Å². The van der Waals surface area contributed by atoms with E-state index in [4.69, 9.17) is 9.47 Å². The van der Waals surface area contributed by atoms with Gasteiger partial charge in [-0.1, -0.05) is 88.6 Å². The predicted molar refractivity (Wildman–Crippen MR) is 171 cm³/mol. The number of nitrogens with zero attached hydrogens (tertiary/aromatic N) is 1. The number of carbonyl (C=O) groups excluding carboxylic acids is 4. The number of hydrogen-bond acceptors (Lipinski definition) is 6. The number of unbranched alkanes of at least 4 members (excludes halogenated alkanes) is 5. The minimum atomic E-state index is -0.948. The maximum Gasteiger partial charge on any atom is 0.408 e. The molecule has 2 N–H and O–H groups in total. The Labute approximate surface area is 259 Å². The molecule has 244 valence electrons. The fourth-order valence-corrected chi connectivity index (χ4v) is 4.98. The van der Waals surface area contributed by atoms with Gasteiger partial charge < -0.3 is 25.0 Å². The maximum atomic E-state index is 14.5. The first-order valence-electron chi connectivity index (χ1n) is 16.0. The van der Waals surface area contributed by atoms with E-state index in [9.17, 15) is 19.2 Å². The number of nitrogens with one attached hydrogen (secondary N) is 2. The zero-order valence-corrected chi connectivity index (χ0v) is 28.1. The lowest BCUT2D eigenvalue weighted by Gasteiger charge is -2.36. The predicted octanol–water partition coefficient (Wildman–Crippen LogP) is 6.54. The van der Waals surface area contributed by atoms with E-state index in [0.717, 1.165) is 43.2 Å². The van der Waals surface area contributed by atoms with Crippen LogP contribution in [0.25, 0.3) is 0 Å². The summed E-state index contributed by atoms with van der Waals surface area (Å²) in [5, 5.41) is 5.69. The minimum Gasteiger partial charge on any atom is -0.466 e. The monoisotopic (exact) mass is 603 g/mol. The number of hydrogen-bond donors (Lipinski definition) is 2. The summed E-state index contributed by atoms with van der Waals surface area (Å²) < 4.78 is 10.5. The molecule has 0 saturated heterocycles. The van der Waals surface area contributed by atoms with Crippen molar-refractivity contribution in [1.82, 2.24) is 15.5 Å². The molecule has 0 fully saturated rings. The van der Waals surface area contributed by atoms with E-state index in [0.29, 0.717) is 24.9 Å². The van der Waals surface area contributed by atoms with Crippen molar-refractivity contribution in [2.45, 2.75) is 131 Å². The van der Waals surface area contributed by atoms with Crippen molar-refractivity contribution in [1.29, 1.82) is 0 Å². The SMILES string of the molecule is CCCCCCCCN(C(=O)C(NC(=O)OC(C)(C)C)C(C)CC)C(C(=O)NCCC(=O)OCC)c1cc(C)cc(C)c1. The van der Waals surface area contributed by atoms with E-state index in [1.807, 2.05) is 45.9 Å². The van der Waals surface area contributed by atoms with Crippen LogP contribution in [0.2, 0.25) is 0 Å². The second-order valence-corrected chi connectivity index (χ2v) is 12.5. The van der Waals surface area contributed by atoms with Crippen LogP contribution in [0.1, 0.15) is 123 Å². The molecule has 0 aliphatic rings. The van der Waals surface area contributed by atoms with Crippen LogP contribution >= 0.6 is 0 Å². The zero-order valence-electron chi connectivity index (χ0n) is 28.1. The summed E-state index contributed by atoms with van der Waals surface area (Å²) >= 11 is 0. The van der Waals surface area contributed by atoms with Crippen molar-refractivity contribution in [2.24, 2.45) is 5.92 Å². The molecule has 9 nitrogen and oxygen atoms in total. The van der Waals surface area contributed by atoms with Crippen LogP contribution in [0.15, 0.2) is 18.2 Å². The molecule has 1 aromatic carbocycles. The van der Waals surface area contributed by atoms with Crippen LogP contribution in [0.4, 0.5) is 4.79 Å². The first-order valence-corrected chi connectivity index (χ1v) is 16.0. The van der Waals surface area contributed by atoms with Crippen LogP contribution in [-0.2, 0) is 23.9 Å². The van der Waals surface area contributed by atoms with Crippen molar-refractivity contribution in [3.05, 3.63) is 34.9 Å². The second kappa shape index (κ2) is 19.2. The molecule has 1 aromatic rings. The highest BCUT2D eigenvalue weighted by Crippen LogP contribution is 2.27. The minimum absolute atomic E-state index is 0.0280. The molecule has 0 aliphatic heterocycles. The lowest BCUT2D eigenvalue weighted by atomic mass is 9.94. The Morgan fingerprint density at radius 3 is 2.07 bits per heavy atom. The molecular weight excluding hydrogens is 546 g/mol. The average Bonchev–Trinajstić information content (AvgIpc) is 2.90. The van der Waals surface area contributed by atoms with Gasteiger partial charge in [-0.25, -0.2) is 4.79 Å². The van der Waals surface area contributed by atoms with E-state index >= 15 is 0 Å². The number of ether oxygens (including phenoxy) is 2. The molecule has 3 unspecified atom stereocenters. The van der Waals surface area contributed by atoms with E-state index < -0.39 is 29.7 Å². The number of amides is 3. The van der Waals surface area contributed by atoms with Crippen LogP contribution < -0.4 is 10.6 Å². The summed E-state index contributed by atoms with van der Waals surface area (Å²) in [5.41, 5.74) is 1.89. The third kappa shape index (κ3) is 14.3. The molecule has 43 heavy (non-hydrogen) atoms. The fraction of sp³-hybridized carbons (Fsp3) is 0.706. The lowest BCUT2D eigenvalue weighted by molar-refractivity contribution is -0.145. The Kier molecular flexibility index (Phi) is 17.0. The van der Waals surface area contributed by atoms with Gasteiger partial charge in [0.15, 0.2) is 0 Å². The number of benzene rings is 1. The summed E-state index contributed by atoms with van der Waals surface area (Å²) in [6, 6.07) is 4.02. The second-order valence-electron chi connectivity index (χ2n) is 12.5. The average molecular weight is 604 g/mol. The molecule has 0 heterocycles. The van der Waals surface area contributed by atoms with Crippen molar-refractivity contribution < 1.29 is 28.7 Å². The number of alkyl carbamates (subject to hydrolysis) is 1. The van der Waals surface area contributed by atoms with Gasteiger partial charge in [0.1, 0.15) is 17.7 Å². The van der Waals surface area contributed by atoms with Crippen LogP contribution in [0, 0.1) is 19.8 Å². The Morgan fingerprint density at radius 2 is 1.51 bits per heavy atom. The Morgan fingerprint density at radius 1 is 0.907 bits per heavy atom. The summed E-state index contributed by atoms with van der Waals surface area (Å²) in [6.07, 6.45) is 6.08. The van der Waals surface area contributed by atoms with Gasteiger partial charge in [-0.15, -0.1) is 0 Å². The highest BCUT2D eigenvalue weighted by atomic mass is 16.6. The lowest BCUT2D eigenvalue weighted by Crippen LogP contribution is -2.55. The molecule has 0 saturated carbocycles. The van der Waals surface area contributed by atoms with Crippen LogP contribution in [0.3, 0.4) is 0 Å². The number of carbonyl (C=O) groups is 4. The van der Waals surface area contributed by atoms with Crippen LogP contribution in [-0.4, -0.2) is 60.1 Å². The normalized spacial score (nSPS) is 13.4. The fourth-order valence-electron chi connectivity index (χ4n) is 4.98. The smallest absolute Gasteiger partial charge is 0.408 e. The first kappa shape index (κ1) is 37.9. The molecule has 0 bridgehead atoms. The Hall–Kier alpha value is -3.10. The van der Waals surface area contributed by atoms with Crippen molar-refractivity contribution >= 4 is 23.9 Å². The number of rotatable bonds is 18. The highest BCUT2D eigenvalue weighted by molar-refractivity contribution is 5.92. The third-order valence-corrected chi connectivity index (χ3v) is 7.24. The third-order valence-electron chi connectivity index (χ3n) is 7.24. The van der Waals surface area contributed by atoms with E-state index in [1.54, 1.807) is 32.6 Å². The topological polar surface area (TPSA) is 114 Å². The summed E-state index contributed by atoms with van der Waals surface area (Å²) in [6.45, 7) is 17.7. The first-order chi connectivity index (χ1) is 20.2. The molecular formula is C34H57N3O6. The molecule has 0 radical (unpaired) electrons. The quantitative estimate of drug-likeness (QED) is 0.145. The maximum absolute atomic E-state index is 14.5. The van der Waals surface area contributed by atoms with Gasteiger partial charge in [0, 0.05) is 13.1 Å². The molecule has 3 amide bonds. The van der Waals surface area contributed by atoms with Crippen molar-refractivity contribution in [3.63, 3.8) is 0 Å². The van der Waals surface area contributed by atoms with Gasteiger partial charge in [0.25, 0.3) is 0 Å². The molecule has 0 aliphatic carbocycles. The summed E-state index contributed by atoms with van der Waals surface area (Å²) in [4.78, 5) is 54.8. The van der Waals surface area contributed by atoms with Gasteiger partial charge in [0.05, 0.1) is 13.0 Å². The zero-order chi connectivity index (χ0) is 32.6. The molecule has 3 atom stereocenters. The molecule has 1 rings (SSSR count). The van der Waals surface area contributed by atoms with E-state index in [1.165, 1.54) is 0 Å². The van der Waals surface area contributed by atoms with E-state index in [2.05, 4.69) is 17.6 Å². The van der Waals surface area contributed by atoms with E-state index in [-0.39, 0.29) is 37.3 Å². The highest BCUT2D eigenvalue weighted by Gasteiger charge is 2.38. The van der Waals surface area contributed by atoms with Gasteiger partial charge in [-0.05, 0) is 59.4 Å². The summed E-state index contributed by atoms with van der Waals surface area (Å²) in [7, 11) is 0.